The third-order valence-electron chi connectivity index (χ3n) is 3.75. The number of hydrogen-bond acceptors (Lipinski definition) is 4. The van der Waals surface area contributed by atoms with Crippen LogP contribution in [0.1, 0.15) is 17.9 Å². The normalized spacial score (nSPS) is 18.7. The summed E-state index contributed by atoms with van der Waals surface area (Å²) in [6, 6.07) is 13.9. The SMILES string of the molecule is CCOc1ccc(S(=O)(=O)N2CCS[C@H]2c2ccc(Cl)cc2)cc1. The summed E-state index contributed by atoms with van der Waals surface area (Å²) in [5.41, 5.74) is 0.941. The second-order valence-electron chi connectivity index (χ2n) is 5.29. The monoisotopic (exact) mass is 383 g/mol. The van der Waals surface area contributed by atoms with Crippen LogP contribution in [-0.2, 0) is 10.0 Å². The van der Waals surface area contributed by atoms with Gasteiger partial charge in [-0.25, -0.2) is 8.42 Å². The van der Waals surface area contributed by atoms with E-state index in [4.69, 9.17) is 16.3 Å². The summed E-state index contributed by atoms with van der Waals surface area (Å²) in [6.45, 7) is 2.93. The van der Waals surface area contributed by atoms with E-state index in [-0.39, 0.29) is 10.3 Å². The Bertz CT molecular complexity index is 792. The second-order valence-corrected chi connectivity index (χ2v) is 8.81. The number of ether oxygens (including phenoxy) is 1. The molecule has 1 aliphatic rings. The maximum absolute atomic E-state index is 13.0. The van der Waals surface area contributed by atoms with Crippen LogP contribution in [0.3, 0.4) is 0 Å². The van der Waals surface area contributed by atoms with Gasteiger partial charge in [0.25, 0.3) is 0 Å². The largest absolute Gasteiger partial charge is 0.494 e. The second kappa shape index (κ2) is 7.35. The van der Waals surface area contributed by atoms with Gasteiger partial charge in [-0.3, -0.25) is 0 Å². The fourth-order valence-electron chi connectivity index (χ4n) is 2.60. The van der Waals surface area contributed by atoms with E-state index in [0.29, 0.717) is 23.9 Å². The molecule has 128 valence electrons. The van der Waals surface area contributed by atoms with Crippen molar-refractivity contribution in [2.75, 3.05) is 18.9 Å². The van der Waals surface area contributed by atoms with Crippen LogP contribution in [0.25, 0.3) is 0 Å². The van der Waals surface area contributed by atoms with Crippen LogP contribution < -0.4 is 4.74 Å². The molecule has 24 heavy (non-hydrogen) atoms. The third kappa shape index (κ3) is 3.57. The van der Waals surface area contributed by atoms with Crippen molar-refractivity contribution in [1.82, 2.24) is 4.31 Å². The van der Waals surface area contributed by atoms with Crippen molar-refractivity contribution in [3.63, 3.8) is 0 Å². The molecule has 0 unspecified atom stereocenters. The number of hydrogen-bond donors (Lipinski definition) is 0. The molecule has 7 heteroatoms. The predicted octanol–water partition coefficient (Wildman–Crippen LogP) is 4.18. The van der Waals surface area contributed by atoms with Gasteiger partial charge >= 0.3 is 0 Å². The first-order chi connectivity index (χ1) is 11.5. The molecule has 0 amide bonds. The lowest BCUT2D eigenvalue weighted by Gasteiger charge is -2.23. The number of sulfonamides is 1. The molecule has 1 fully saturated rings. The Morgan fingerprint density at radius 2 is 1.83 bits per heavy atom. The quantitative estimate of drug-likeness (QED) is 0.777. The Balaban J connectivity index is 1.88. The minimum atomic E-state index is -3.55. The fourth-order valence-corrected chi connectivity index (χ4v) is 5.97. The Kier molecular flexibility index (Phi) is 5.39. The van der Waals surface area contributed by atoms with Crippen molar-refractivity contribution in [1.29, 1.82) is 0 Å². The molecule has 1 heterocycles. The van der Waals surface area contributed by atoms with Gasteiger partial charge in [-0.2, -0.15) is 4.31 Å². The Morgan fingerprint density at radius 3 is 2.46 bits per heavy atom. The Hall–Kier alpha value is -1.21. The average molecular weight is 384 g/mol. The molecular formula is C17H18ClNO3S2. The van der Waals surface area contributed by atoms with Gasteiger partial charge in [-0.05, 0) is 48.9 Å². The molecule has 2 aromatic rings. The van der Waals surface area contributed by atoms with Gasteiger partial charge in [0, 0.05) is 17.3 Å². The number of halogens is 1. The number of nitrogens with zero attached hydrogens (tertiary/aromatic N) is 1. The van der Waals surface area contributed by atoms with E-state index in [1.165, 1.54) is 0 Å². The van der Waals surface area contributed by atoms with E-state index in [1.807, 2.05) is 19.1 Å². The van der Waals surface area contributed by atoms with Crippen LogP contribution in [0.4, 0.5) is 0 Å². The lowest BCUT2D eigenvalue weighted by Crippen LogP contribution is -2.30. The van der Waals surface area contributed by atoms with Crippen molar-refractivity contribution in [2.24, 2.45) is 0 Å². The molecular weight excluding hydrogens is 366 g/mol. The van der Waals surface area contributed by atoms with Crippen LogP contribution >= 0.6 is 23.4 Å². The molecule has 2 aromatic carbocycles. The molecule has 0 N–H and O–H groups in total. The zero-order chi connectivity index (χ0) is 17.2. The van der Waals surface area contributed by atoms with Crippen molar-refractivity contribution >= 4 is 33.4 Å². The van der Waals surface area contributed by atoms with Crippen molar-refractivity contribution < 1.29 is 13.2 Å². The lowest BCUT2D eigenvalue weighted by atomic mass is 10.2. The topological polar surface area (TPSA) is 46.6 Å². The van der Waals surface area contributed by atoms with Gasteiger partial charge in [0.2, 0.25) is 10.0 Å². The zero-order valence-electron chi connectivity index (χ0n) is 13.2. The highest BCUT2D eigenvalue weighted by atomic mass is 35.5. The summed E-state index contributed by atoms with van der Waals surface area (Å²) < 4.78 is 32.9. The van der Waals surface area contributed by atoms with Gasteiger partial charge in [0.15, 0.2) is 0 Å². The van der Waals surface area contributed by atoms with E-state index in [0.717, 1.165) is 11.3 Å². The number of benzene rings is 2. The molecule has 0 spiro atoms. The van der Waals surface area contributed by atoms with E-state index in [1.54, 1.807) is 52.5 Å². The molecule has 1 atom stereocenters. The van der Waals surface area contributed by atoms with Crippen molar-refractivity contribution in [2.45, 2.75) is 17.2 Å². The summed E-state index contributed by atoms with van der Waals surface area (Å²) >= 11 is 7.55. The first-order valence-electron chi connectivity index (χ1n) is 7.64. The maximum atomic E-state index is 13.0. The van der Waals surface area contributed by atoms with Crippen molar-refractivity contribution in [3.05, 3.63) is 59.1 Å². The molecule has 0 aliphatic carbocycles. The summed E-state index contributed by atoms with van der Waals surface area (Å²) in [6.07, 6.45) is 0. The molecule has 4 nitrogen and oxygen atoms in total. The van der Waals surface area contributed by atoms with E-state index in [9.17, 15) is 8.42 Å². The molecule has 1 aliphatic heterocycles. The van der Waals surface area contributed by atoms with Crippen LogP contribution in [0, 0.1) is 0 Å². The zero-order valence-corrected chi connectivity index (χ0v) is 15.6. The van der Waals surface area contributed by atoms with Crippen LogP contribution in [0.5, 0.6) is 5.75 Å². The molecule has 3 rings (SSSR count). The number of thioether (sulfide) groups is 1. The summed E-state index contributed by atoms with van der Waals surface area (Å²) in [4.78, 5) is 0.285. The van der Waals surface area contributed by atoms with Gasteiger partial charge in [0.05, 0.1) is 16.9 Å². The van der Waals surface area contributed by atoms with Gasteiger partial charge in [-0.15, -0.1) is 11.8 Å². The van der Waals surface area contributed by atoms with Crippen LogP contribution in [0.15, 0.2) is 53.4 Å². The van der Waals surface area contributed by atoms with E-state index >= 15 is 0 Å². The maximum Gasteiger partial charge on any atom is 0.244 e. The molecule has 1 saturated heterocycles. The highest BCUT2D eigenvalue weighted by Crippen LogP contribution is 2.41. The van der Waals surface area contributed by atoms with E-state index in [2.05, 4.69) is 0 Å². The first kappa shape index (κ1) is 17.6. The first-order valence-corrected chi connectivity index (χ1v) is 10.5. The average Bonchev–Trinajstić information content (AvgIpc) is 3.07. The van der Waals surface area contributed by atoms with Gasteiger partial charge in [-0.1, -0.05) is 23.7 Å². The Morgan fingerprint density at radius 1 is 1.17 bits per heavy atom. The minimum absolute atomic E-state index is 0.223. The Labute approximate surface area is 151 Å². The fraction of sp³-hybridized carbons (Fsp3) is 0.294. The van der Waals surface area contributed by atoms with E-state index < -0.39 is 10.0 Å². The van der Waals surface area contributed by atoms with Crippen molar-refractivity contribution in [3.8, 4) is 5.75 Å². The van der Waals surface area contributed by atoms with Gasteiger partial charge < -0.3 is 4.74 Å². The third-order valence-corrected chi connectivity index (χ3v) is 7.27. The number of rotatable bonds is 5. The van der Waals surface area contributed by atoms with Crippen LogP contribution in [0.2, 0.25) is 5.02 Å². The standard InChI is InChI=1S/C17H18ClNO3S2/c1-2-22-15-7-9-16(10-8-15)24(20,21)19-11-12-23-17(19)13-3-5-14(18)6-4-13/h3-10,17H,2,11-12H2,1H3/t17-/m0/s1. The highest BCUT2D eigenvalue weighted by Gasteiger charge is 2.36. The summed E-state index contributed by atoms with van der Waals surface area (Å²) in [5.74, 6) is 1.44. The molecule has 0 bridgehead atoms. The highest BCUT2D eigenvalue weighted by molar-refractivity contribution is 8.01. The summed E-state index contributed by atoms with van der Waals surface area (Å²) in [7, 11) is -3.55. The predicted molar refractivity (Wildman–Crippen MR) is 98.2 cm³/mol. The lowest BCUT2D eigenvalue weighted by molar-refractivity contribution is 0.340. The minimum Gasteiger partial charge on any atom is -0.494 e. The smallest absolute Gasteiger partial charge is 0.244 e. The molecule has 0 radical (unpaired) electrons. The molecule has 0 saturated carbocycles. The van der Waals surface area contributed by atoms with Crippen LogP contribution in [-0.4, -0.2) is 31.6 Å². The van der Waals surface area contributed by atoms with Gasteiger partial charge in [0.1, 0.15) is 5.75 Å². The molecule has 0 aromatic heterocycles. The summed E-state index contributed by atoms with van der Waals surface area (Å²) in [5, 5.41) is 0.418.